The van der Waals surface area contributed by atoms with E-state index >= 15 is 0 Å². The minimum atomic E-state index is -0.924. The highest BCUT2D eigenvalue weighted by molar-refractivity contribution is 5.93. The first kappa shape index (κ1) is 15.3. The quantitative estimate of drug-likeness (QED) is 0.875. The summed E-state index contributed by atoms with van der Waals surface area (Å²) in [5, 5.41) is 8.85. The lowest BCUT2D eigenvalue weighted by Gasteiger charge is -2.14. The van der Waals surface area contributed by atoms with Crippen molar-refractivity contribution in [2.24, 2.45) is 0 Å². The fourth-order valence-electron chi connectivity index (χ4n) is 2.64. The molecule has 2 heterocycles. The summed E-state index contributed by atoms with van der Waals surface area (Å²) in [7, 11) is 0. The van der Waals surface area contributed by atoms with Gasteiger partial charge in [0.05, 0.1) is 18.8 Å². The van der Waals surface area contributed by atoms with Gasteiger partial charge in [-0.1, -0.05) is 36.4 Å². The fourth-order valence-corrected chi connectivity index (χ4v) is 2.64. The Kier molecular flexibility index (Phi) is 4.74. The van der Waals surface area contributed by atoms with E-state index in [9.17, 15) is 4.79 Å². The van der Waals surface area contributed by atoms with Crippen LogP contribution in [0.2, 0.25) is 0 Å². The standard InChI is InChI=1S/C10H8O3.C9H10O/c11-10(12)8-3-1-5-9-7(8)4-2-6-13-9;1-2-4-9-7-10-6-5-8(9)3-1/h1-5H,6H2,(H,11,12);1-4H,5-7H2. The first-order valence-electron chi connectivity index (χ1n) is 7.56. The van der Waals surface area contributed by atoms with Crippen molar-refractivity contribution in [3.05, 3.63) is 70.8 Å². The lowest BCUT2D eigenvalue weighted by Crippen LogP contribution is -2.08. The second-order valence-electron chi connectivity index (χ2n) is 5.31. The van der Waals surface area contributed by atoms with E-state index in [2.05, 4.69) is 24.3 Å². The van der Waals surface area contributed by atoms with Gasteiger partial charge in [-0.05, 0) is 35.8 Å². The zero-order chi connectivity index (χ0) is 16.1. The Labute approximate surface area is 135 Å². The molecule has 2 aliphatic heterocycles. The van der Waals surface area contributed by atoms with E-state index in [4.69, 9.17) is 14.6 Å². The number of carbonyl (C=O) groups is 1. The number of hydrogen-bond acceptors (Lipinski definition) is 3. The summed E-state index contributed by atoms with van der Waals surface area (Å²) < 4.78 is 10.6. The van der Waals surface area contributed by atoms with E-state index in [-0.39, 0.29) is 5.56 Å². The predicted molar refractivity (Wildman–Crippen MR) is 87.7 cm³/mol. The third kappa shape index (κ3) is 3.60. The van der Waals surface area contributed by atoms with Crippen LogP contribution < -0.4 is 4.74 Å². The van der Waals surface area contributed by atoms with Crippen LogP contribution in [-0.2, 0) is 17.8 Å². The maximum Gasteiger partial charge on any atom is 0.336 e. The average Bonchev–Trinajstić information content (AvgIpc) is 2.62. The van der Waals surface area contributed by atoms with Gasteiger partial charge in [-0.15, -0.1) is 0 Å². The average molecular weight is 310 g/mol. The molecule has 0 fully saturated rings. The molecule has 0 radical (unpaired) electrons. The van der Waals surface area contributed by atoms with Gasteiger partial charge < -0.3 is 14.6 Å². The monoisotopic (exact) mass is 310 g/mol. The molecule has 0 saturated carbocycles. The minimum Gasteiger partial charge on any atom is -0.489 e. The molecule has 4 rings (SSSR count). The van der Waals surface area contributed by atoms with Gasteiger partial charge in [-0.2, -0.15) is 0 Å². The molecule has 2 aromatic rings. The van der Waals surface area contributed by atoms with E-state index in [0.29, 0.717) is 17.9 Å². The van der Waals surface area contributed by atoms with Crippen LogP contribution in [0.15, 0.2) is 48.5 Å². The summed E-state index contributed by atoms with van der Waals surface area (Å²) in [6, 6.07) is 13.5. The lowest BCUT2D eigenvalue weighted by molar-refractivity contribution is 0.0696. The summed E-state index contributed by atoms with van der Waals surface area (Å²) in [4.78, 5) is 10.8. The van der Waals surface area contributed by atoms with Crippen molar-refractivity contribution < 1.29 is 19.4 Å². The summed E-state index contributed by atoms with van der Waals surface area (Å²) in [6.07, 6.45) is 4.66. The fraction of sp³-hybridized carbons (Fsp3) is 0.211. The minimum absolute atomic E-state index is 0.286. The Bertz CT molecular complexity index is 709. The topological polar surface area (TPSA) is 55.8 Å². The van der Waals surface area contributed by atoms with Crippen molar-refractivity contribution in [3.63, 3.8) is 0 Å². The van der Waals surface area contributed by atoms with Crippen LogP contribution in [0.25, 0.3) is 6.08 Å². The van der Waals surface area contributed by atoms with E-state index in [1.54, 1.807) is 30.4 Å². The summed E-state index contributed by atoms with van der Waals surface area (Å²) in [5.41, 5.74) is 3.75. The highest BCUT2D eigenvalue weighted by Gasteiger charge is 2.14. The molecule has 1 N–H and O–H groups in total. The van der Waals surface area contributed by atoms with Gasteiger partial charge in [0.2, 0.25) is 0 Å². The molecule has 0 bridgehead atoms. The number of benzene rings is 2. The third-order valence-corrected chi connectivity index (χ3v) is 3.81. The van der Waals surface area contributed by atoms with Crippen molar-refractivity contribution in [2.45, 2.75) is 13.0 Å². The molecule has 0 saturated heterocycles. The molecule has 0 amide bonds. The number of aromatic carboxylic acids is 1. The van der Waals surface area contributed by atoms with Crippen LogP contribution in [0.5, 0.6) is 5.75 Å². The second-order valence-corrected chi connectivity index (χ2v) is 5.31. The number of fused-ring (bicyclic) bond motifs is 2. The number of rotatable bonds is 1. The predicted octanol–water partition coefficient (Wildman–Crippen LogP) is 3.55. The first-order chi connectivity index (χ1) is 11.3. The second kappa shape index (κ2) is 7.11. The third-order valence-electron chi connectivity index (χ3n) is 3.81. The Hall–Kier alpha value is -2.59. The molecule has 118 valence electrons. The van der Waals surface area contributed by atoms with E-state index < -0.39 is 5.97 Å². The molecule has 0 aromatic heterocycles. The van der Waals surface area contributed by atoms with Gasteiger partial charge in [0.1, 0.15) is 12.4 Å². The highest BCUT2D eigenvalue weighted by atomic mass is 16.5. The molecule has 2 aliphatic rings. The van der Waals surface area contributed by atoms with Gasteiger partial charge in [0, 0.05) is 5.56 Å². The molecule has 0 unspecified atom stereocenters. The van der Waals surface area contributed by atoms with Gasteiger partial charge in [0.15, 0.2) is 0 Å². The van der Waals surface area contributed by atoms with Gasteiger partial charge in [0.25, 0.3) is 0 Å². The number of hydrogen-bond donors (Lipinski definition) is 1. The maximum absolute atomic E-state index is 10.8. The van der Waals surface area contributed by atoms with Crippen LogP contribution in [0, 0.1) is 0 Å². The molecule has 23 heavy (non-hydrogen) atoms. The molecule has 4 nitrogen and oxygen atoms in total. The number of carboxylic acid groups (broad SMARTS) is 1. The Morgan fingerprint density at radius 1 is 1.04 bits per heavy atom. The van der Waals surface area contributed by atoms with Crippen molar-refractivity contribution in [1.82, 2.24) is 0 Å². The molecule has 0 aliphatic carbocycles. The van der Waals surface area contributed by atoms with Crippen LogP contribution in [0.3, 0.4) is 0 Å². The maximum atomic E-state index is 10.8. The normalized spacial score (nSPS) is 14.6. The summed E-state index contributed by atoms with van der Waals surface area (Å²) in [6.45, 7) is 2.20. The van der Waals surface area contributed by atoms with Crippen LogP contribution in [0.4, 0.5) is 0 Å². The van der Waals surface area contributed by atoms with E-state index in [1.807, 2.05) is 0 Å². The molecular weight excluding hydrogens is 292 g/mol. The van der Waals surface area contributed by atoms with Crippen LogP contribution in [0.1, 0.15) is 27.0 Å². The smallest absolute Gasteiger partial charge is 0.336 e. The van der Waals surface area contributed by atoms with Crippen molar-refractivity contribution in [3.8, 4) is 5.75 Å². The zero-order valence-corrected chi connectivity index (χ0v) is 12.7. The first-order valence-corrected chi connectivity index (χ1v) is 7.56. The van der Waals surface area contributed by atoms with Gasteiger partial charge >= 0.3 is 5.97 Å². The van der Waals surface area contributed by atoms with Gasteiger partial charge in [-0.3, -0.25) is 0 Å². The summed E-state index contributed by atoms with van der Waals surface area (Å²) in [5.74, 6) is -0.283. The Morgan fingerprint density at radius 2 is 1.87 bits per heavy atom. The highest BCUT2D eigenvalue weighted by Crippen LogP contribution is 2.26. The molecule has 0 spiro atoms. The summed E-state index contributed by atoms with van der Waals surface area (Å²) >= 11 is 0. The largest absolute Gasteiger partial charge is 0.489 e. The Morgan fingerprint density at radius 3 is 2.65 bits per heavy atom. The van der Waals surface area contributed by atoms with E-state index in [1.165, 1.54) is 11.1 Å². The number of ether oxygens (including phenoxy) is 2. The van der Waals surface area contributed by atoms with Crippen molar-refractivity contribution in [2.75, 3.05) is 13.2 Å². The van der Waals surface area contributed by atoms with Crippen molar-refractivity contribution in [1.29, 1.82) is 0 Å². The zero-order valence-electron chi connectivity index (χ0n) is 12.7. The molecular formula is C19H18O4. The number of carboxylic acids is 1. The molecule has 2 aromatic carbocycles. The SMILES string of the molecule is O=C(O)c1cccc2c1C=CCO2.c1ccc2c(c1)CCOC2. The Balaban J connectivity index is 0.000000140. The van der Waals surface area contributed by atoms with Crippen molar-refractivity contribution >= 4 is 12.0 Å². The molecule has 4 heteroatoms. The lowest BCUT2D eigenvalue weighted by atomic mass is 10.0. The van der Waals surface area contributed by atoms with Crippen LogP contribution in [-0.4, -0.2) is 24.3 Å². The van der Waals surface area contributed by atoms with Crippen LogP contribution >= 0.6 is 0 Å². The van der Waals surface area contributed by atoms with Gasteiger partial charge in [-0.25, -0.2) is 4.79 Å². The molecule has 0 atom stereocenters. The van der Waals surface area contributed by atoms with E-state index in [0.717, 1.165) is 19.6 Å².